The molecule has 2 N–H and O–H groups in total. The Balaban J connectivity index is 2.38. The van der Waals surface area contributed by atoms with Crippen LogP contribution in [0.1, 0.15) is 17.5 Å². The van der Waals surface area contributed by atoms with Crippen molar-refractivity contribution in [1.29, 1.82) is 0 Å². The van der Waals surface area contributed by atoms with Crippen LogP contribution in [0.3, 0.4) is 0 Å². The number of aromatic nitrogens is 2. The number of H-pyrrole nitrogens is 1. The first-order valence-corrected chi connectivity index (χ1v) is 5.06. The summed E-state index contributed by atoms with van der Waals surface area (Å²) in [5.74, 6) is 0.458. The van der Waals surface area contributed by atoms with E-state index in [1.807, 2.05) is 0 Å². The van der Waals surface area contributed by atoms with E-state index in [4.69, 9.17) is 23.2 Å². The summed E-state index contributed by atoms with van der Waals surface area (Å²) >= 11 is 11.7. The van der Waals surface area contributed by atoms with Crippen LogP contribution in [-0.2, 0) is 0 Å². The van der Waals surface area contributed by atoms with E-state index in [0.717, 1.165) is 0 Å². The van der Waals surface area contributed by atoms with Gasteiger partial charge in [-0.05, 0) is 12.1 Å². The van der Waals surface area contributed by atoms with Gasteiger partial charge in [0.05, 0.1) is 0 Å². The summed E-state index contributed by atoms with van der Waals surface area (Å²) in [7, 11) is 0. The van der Waals surface area contributed by atoms with Crippen molar-refractivity contribution >= 4 is 23.2 Å². The maximum Gasteiger partial charge on any atom is 0.139 e. The summed E-state index contributed by atoms with van der Waals surface area (Å²) in [6, 6.07) is 4.94. The van der Waals surface area contributed by atoms with Gasteiger partial charge in [0.1, 0.15) is 11.9 Å². The average Bonchev–Trinajstić information content (AvgIpc) is 2.69. The maximum absolute atomic E-state index is 9.93. The van der Waals surface area contributed by atoms with Crippen molar-refractivity contribution < 1.29 is 5.11 Å². The minimum Gasteiger partial charge on any atom is -0.380 e. The number of aliphatic hydroxyl groups excluding tert-OH is 1. The number of nitrogens with zero attached hydrogens (tertiary/aromatic N) is 1. The Morgan fingerprint density at radius 1 is 1.33 bits per heavy atom. The summed E-state index contributed by atoms with van der Waals surface area (Å²) in [5.41, 5.74) is 0.580. The highest BCUT2D eigenvalue weighted by molar-refractivity contribution is 6.35. The van der Waals surface area contributed by atoms with Crippen LogP contribution in [-0.4, -0.2) is 15.1 Å². The van der Waals surface area contributed by atoms with Crippen molar-refractivity contribution in [2.45, 2.75) is 6.10 Å². The van der Waals surface area contributed by atoms with E-state index in [1.54, 1.807) is 30.6 Å². The molecular weight excluding hydrogens is 235 g/mol. The third kappa shape index (κ3) is 2.15. The lowest BCUT2D eigenvalue weighted by atomic mass is 10.1. The van der Waals surface area contributed by atoms with E-state index in [2.05, 4.69) is 9.97 Å². The zero-order valence-electron chi connectivity index (χ0n) is 7.61. The van der Waals surface area contributed by atoms with E-state index in [1.165, 1.54) is 0 Å². The average molecular weight is 243 g/mol. The molecule has 0 spiro atoms. The van der Waals surface area contributed by atoms with Crippen molar-refractivity contribution in [1.82, 2.24) is 9.97 Å². The van der Waals surface area contributed by atoms with Crippen LogP contribution in [0.5, 0.6) is 0 Å². The molecule has 1 aromatic heterocycles. The van der Waals surface area contributed by atoms with Crippen LogP contribution >= 0.6 is 23.2 Å². The van der Waals surface area contributed by atoms with Gasteiger partial charge in [-0.2, -0.15) is 0 Å². The highest BCUT2D eigenvalue weighted by Gasteiger charge is 2.15. The Morgan fingerprint density at radius 3 is 2.73 bits per heavy atom. The molecule has 5 heteroatoms. The molecule has 1 unspecified atom stereocenters. The number of rotatable bonds is 2. The molecule has 0 bridgehead atoms. The Kier molecular flexibility index (Phi) is 2.95. The minimum absolute atomic E-state index is 0.423. The lowest BCUT2D eigenvalue weighted by molar-refractivity contribution is 0.211. The molecule has 1 atom stereocenters. The third-order valence-corrected chi connectivity index (χ3v) is 2.60. The quantitative estimate of drug-likeness (QED) is 0.851. The molecule has 0 saturated heterocycles. The number of benzene rings is 1. The monoisotopic (exact) mass is 242 g/mol. The fourth-order valence-electron chi connectivity index (χ4n) is 1.30. The Hall–Kier alpha value is -1.03. The molecule has 0 aliphatic rings. The van der Waals surface area contributed by atoms with Gasteiger partial charge in [0.15, 0.2) is 0 Å². The third-order valence-electron chi connectivity index (χ3n) is 2.04. The van der Waals surface area contributed by atoms with E-state index in [-0.39, 0.29) is 0 Å². The summed E-state index contributed by atoms with van der Waals surface area (Å²) in [6.07, 6.45) is 2.36. The molecule has 0 saturated carbocycles. The van der Waals surface area contributed by atoms with E-state index in [9.17, 15) is 5.11 Å². The molecule has 0 aliphatic heterocycles. The second-order valence-electron chi connectivity index (χ2n) is 3.04. The molecule has 1 aromatic carbocycles. The Labute approximate surface area is 96.7 Å². The first kappa shape index (κ1) is 10.5. The number of hydrogen-bond acceptors (Lipinski definition) is 2. The van der Waals surface area contributed by atoms with E-state index in [0.29, 0.717) is 21.4 Å². The van der Waals surface area contributed by atoms with Gasteiger partial charge in [-0.3, -0.25) is 0 Å². The topological polar surface area (TPSA) is 48.9 Å². The van der Waals surface area contributed by atoms with Gasteiger partial charge >= 0.3 is 0 Å². The summed E-state index contributed by atoms with van der Waals surface area (Å²) in [4.78, 5) is 6.78. The predicted molar refractivity (Wildman–Crippen MR) is 59.1 cm³/mol. The van der Waals surface area contributed by atoms with Gasteiger partial charge in [0, 0.05) is 28.0 Å². The summed E-state index contributed by atoms with van der Waals surface area (Å²) in [6.45, 7) is 0. The first-order valence-electron chi connectivity index (χ1n) is 4.31. The number of nitrogens with one attached hydrogen (secondary N) is 1. The molecule has 2 aromatic rings. The molecule has 1 heterocycles. The van der Waals surface area contributed by atoms with E-state index < -0.39 is 6.10 Å². The molecular formula is C10H8Cl2N2O. The molecule has 0 fully saturated rings. The lowest BCUT2D eigenvalue weighted by Crippen LogP contribution is -2.02. The fraction of sp³-hybridized carbons (Fsp3) is 0.100. The van der Waals surface area contributed by atoms with Crippen LogP contribution in [0.15, 0.2) is 30.6 Å². The first-order chi connectivity index (χ1) is 7.18. The van der Waals surface area contributed by atoms with Crippen molar-refractivity contribution in [2.75, 3.05) is 0 Å². The van der Waals surface area contributed by atoms with Gasteiger partial charge < -0.3 is 10.1 Å². The van der Waals surface area contributed by atoms with Crippen LogP contribution < -0.4 is 0 Å². The largest absolute Gasteiger partial charge is 0.380 e. The Morgan fingerprint density at radius 2 is 2.13 bits per heavy atom. The Bertz CT molecular complexity index is 456. The molecule has 78 valence electrons. The normalized spacial score (nSPS) is 12.7. The summed E-state index contributed by atoms with van der Waals surface area (Å²) < 4.78 is 0. The highest BCUT2D eigenvalue weighted by Crippen LogP contribution is 2.28. The summed E-state index contributed by atoms with van der Waals surface area (Å²) in [5, 5.41) is 10.9. The standard InChI is InChI=1S/C10H8Cl2N2O/c11-6-1-2-7(8(12)5-6)9(15)10-13-3-4-14-10/h1-5,9,15H,(H,13,14). The van der Waals surface area contributed by atoms with Gasteiger partial charge in [0.2, 0.25) is 0 Å². The smallest absolute Gasteiger partial charge is 0.139 e. The second-order valence-corrected chi connectivity index (χ2v) is 3.89. The van der Waals surface area contributed by atoms with Crippen molar-refractivity contribution in [3.8, 4) is 0 Å². The molecule has 3 nitrogen and oxygen atoms in total. The fourth-order valence-corrected chi connectivity index (χ4v) is 1.81. The van der Waals surface area contributed by atoms with Gasteiger partial charge in [-0.25, -0.2) is 4.98 Å². The SMILES string of the molecule is OC(c1ncc[nH]1)c1ccc(Cl)cc1Cl. The van der Waals surface area contributed by atoms with E-state index >= 15 is 0 Å². The van der Waals surface area contributed by atoms with Crippen molar-refractivity contribution in [2.24, 2.45) is 0 Å². The minimum atomic E-state index is -0.857. The zero-order chi connectivity index (χ0) is 10.8. The maximum atomic E-state index is 9.93. The number of aliphatic hydroxyl groups is 1. The van der Waals surface area contributed by atoms with Crippen LogP contribution in [0, 0.1) is 0 Å². The molecule has 15 heavy (non-hydrogen) atoms. The van der Waals surface area contributed by atoms with Crippen LogP contribution in [0.2, 0.25) is 10.0 Å². The van der Waals surface area contributed by atoms with Crippen LogP contribution in [0.4, 0.5) is 0 Å². The molecule has 2 rings (SSSR count). The molecule has 0 radical (unpaired) electrons. The van der Waals surface area contributed by atoms with Crippen molar-refractivity contribution in [3.05, 3.63) is 52.0 Å². The number of hydrogen-bond donors (Lipinski definition) is 2. The molecule has 0 amide bonds. The van der Waals surface area contributed by atoms with Gasteiger partial charge in [0.25, 0.3) is 0 Å². The highest BCUT2D eigenvalue weighted by atomic mass is 35.5. The predicted octanol–water partition coefficient (Wildman–Crippen LogP) is 2.80. The number of halogens is 2. The molecule has 0 aliphatic carbocycles. The number of aromatic amines is 1. The van der Waals surface area contributed by atoms with Crippen LogP contribution in [0.25, 0.3) is 0 Å². The van der Waals surface area contributed by atoms with Gasteiger partial charge in [-0.15, -0.1) is 0 Å². The van der Waals surface area contributed by atoms with Crippen molar-refractivity contribution in [3.63, 3.8) is 0 Å². The number of imidazole rings is 1. The zero-order valence-corrected chi connectivity index (χ0v) is 9.13. The lowest BCUT2D eigenvalue weighted by Gasteiger charge is -2.10. The van der Waals surface area contributed by atoms with Gasteiger partial charge in [-0.1, -0.05) is 29.3 Å². The second kappa shape index (κ2) is 4.23.